The average molecular weight is 371 g/mol. The number of hydrogen-bond donors (Lipinski definition) is 0. The Balaban J connectivity index is 2.33. The summed E-state index contributed by atoms with van der Waals surface area (Å²) < 4.78 is 20.8. The zero-order valence-corrected chi connectivity index (χ0v) is 14.8. The Morgan fingerprint density at radius 3 is 2.38 bits per heavy atom. The van der Waals surface area contributed by atoms with Crippen LogP contribution in [0.15, 0.2) is 24.3 Å². The number of carbonyl (C=O) groups excluding carboxylic acids is 1. The number of benzene rings is 1. The lowest BCUT2D eigenvalue weighted by Gasteiger charge is -2.11. The highest BCUT2D eigenvalue weighted by molar-refractivity contribution is 7.98. The summed E-state index contributed by atoms with van der Waals surface area (Å²) in [5.41, 5.74) is 0.253. The highest BCUT2D eigenvalue weighted by Crippen LogP contribution is 2.34. The van der Waals surface area contributed by atoms with Crippen LogP contribution in [0.3, 0.4) is 0 Å². The summed E-state index contributed by atoms with van der Waals surface area (Å²) in [6.07, 6.45) is 1.83. The average Bonchev–Trinajstić information content (AvgIpc) is 2.61. The largest absolute Gasteiger partial charge is 0.480 e. The van der Waals surface area contributed by atoms with Crippen molar-refractivity contribution in [3.8, 4) is 23.5 Å². The first-order valence-electron chi connectivity index (χ1n) is 6.69. The van der Waals surface area contributed by atoms with Gasteiger partial charge in [-0.05, 0) is 18.4 Å². The highest BCUT2D eigenvalue weighted by atomic mass is 35.5. The number of ether oxygens (including phenoxy) is 4. The van der Waals surface area contributed by atoms with E-state index in [1.54, 1.807) is 24.3 Å². The van der Waals surface area contributed by atoms with Gasteiger partial charge >= 0.3 is 12.0 Å². The molecule has 2 rings (SSSR count). The maximum Gasteiger partial charge on any atom is 0.342 e. The molecule has 0 aliphatic rings. The van der Waals surface area contributed by atoms with Crippen molar-refractivity contribution in [1.82, 2.24) is 9.97 Å². The molecular weight excluding hydrogens is 356 g/mol. The van der Waals surface area contributed by atoms with Crippen molar-refractivity contribution in [1.29, 1.82) is 0 Å². The minimum atomic E-state index is -0.507. The summed E-state index contributed by atoms with van der Waals surface area (Å²) in [5, 5.41) is 0.125. The summed E-state index contributed by atoms with van der Waals surface area (Å²) in [6, 6.07) is 6.53. The second-order valence-corrected chi connectivity index (χ2v) is 5.47. The maximum atomic E-state index is 12.1. The predicted octanol–water partition coefficient (Wildman–Crippen LogP) is 3.42. The quantitative estimate of drug-likeness (QED) is 0.541. The van der Waals surface area contributed by atoms with Crippen molar-refractivity contribution >= 4 is 29.3 Å². The van der Waals surface area contributed by atoms with E-state index >= 15 is 0 Å². The second kappa shape index (κ2) is 8.60. The van der Waals surface area contributed by atoms with Gasteiger partial charge < -0.3 is 18.9 Å². The van der Waals surface area contributed by atoms with E-state index in [9.17, 15) is 4.79 Å². The number of rotatable bonds is 7. The molecule has 0 saturated heterocycles. The second-order valence-electron chi connectivity index (χ2n) is 4.28. The van der Waals surface area contributed by atoms with Crippen LogP contribution in [-0.2, 0) is 4.74 Å². The van der Waals surface area contributed by atoms with Gasteiger partial charge in [0.1, 0.15) is 17.3 Å². The van der Waals surface area contributed by atoms with Gasteiger partial charge in [0.2, 0.25) is 11.8 Å². The Morgan fingerprint density at radius 1 is 1.17 bits per heavy atom. The van der Waals surface area contributed by atoms with E-state index in [1.165, 1.54) is 26.0 Å². The Labute approximate surface area is 148 Å². The van der Waals surface area contributed by atoms with Crippen LogP contribution >= 0.6 is 23.4 Å². The smallest absolute Gasteiger partial charge is 0.342 e. The number of hydrogen-bond acceptors (Lipinski definition) is 8. The van der Waals surface area contributed by atoms with Gasteiger partial charge in [-0.15, -0.1) is 11.8 Å². The Hall–Kier alpha value is -2.19. The van der Waals surface area contributed by atoms with E-state index in [2.05, 4.69) is 9.97 Å². The lowest BCUT2D eigenvalue weighted by Crippen LogP contribution is -2.07. The standard InChI is InChI=1S/C15H15ClN2O5S/c1-20-12-11(16)13(21-2)18-15(17-12)23-10-7-5-4-6-9(10)14(19)22-8-24-3/h4-7H,8H2,1-3H3. The molecule has 24 heavy (non-hydrogen) atoms. The van der Waals surface area contributed by atoms with Crippen molar-refractivity contribution in [3.05, 3.63) is 34.9 Å². The molecule has 0 spiro atoms. The van der Waals surface area contributed by atoms with E-state index < -0.39 is 5.97 Å². The zero-order valence-electron chi connectivity index (χ0n) is 13.2. The predicted molar refractivity (Wildman–Crippen MR) is 90.5 cm³/mol. The number of para-hydroxylation sites is 1. The third-order valence-corrected chi connectivity index (χ3v) is 3.45. The molecule has 7 nitrogen and oxygen atoms in total. The normalized spacial score (nSPS) is 10.2. The van der Waals surface area contributed by atoms with Gasteiger partial charge in [0.25, 0.3) is 0 Å². The summed E-state index contributed by atoms with van der Waals surface area (Å²) >= 11 is 7.41. The van der Waals surface area contributed by atoms with E-state index in [-0.39, 0.29) is 40.0 Å². The molecule has 0 aliphatic heterocycles. The molecule has 1 heterocycles. The molecule has 0 unspecified atom stereocenters. The summed E-state index contributed by atoms with van der Waals surface area (Å²) in [5.74, 6) is 0.177. The summed E-state index contributed by atoms with van der Waals surface area (Å²) in [6.45, 7) is 0. The van der Waals surface area contributed by atoms with Gasteiger partial charge in [-0.2, -0.15) is 9.97 Å². The number of esters is 1. The molecule has 0 aliphatic carbocycles. The summed E-state index contributed by atoms with van der Waals surface area (Å²) in [7, 11) is 2.82. The van der Waals surface area contributed by atoms with Crippen LogP contribution in [0, 0.1) is 0 Å². The van der Waals surface area contributed by atoms with Gasteiger partial charge in [-0.25, -0.2) is 4.79 Å². The lowest BCUT2D eigenvalue weighted by atomic mass is 10.2. The number of nitrogens with zero attached hydrogens (tertiary/aromatic N) is 2. The third-order valence-electron chi connectivity index (χ3n) is 2.77. The number of thioether (sulfide) groups is 1. The topological polar surface area (TPSA) is 79.8 Å². The Bertz CT molecular complexity index is 704. The van der Waals surface area contributed by atoms with Gasteiger partial charge in [0, 0.05) is 0 Å². The van der Waals surface area contributed by atoms with Crippen LogP contribution in [0.2, 0.25) is 5.02 Å². The molecule has 2 aromatic rings. The van der Waals surface area contributed by atoms with E-state index in [4.69, 9.17) is 30.5 Å². The maximum absolute atomic E-state index is 12.1. The first-order chi connectivity index (χ1) is 11.6. The minimum Gasteiger partial charge on any atom is -0.480 e. The molecule has 0 saturated carbocycles. The molecule has 0 bridgehead atoms. The number of halogens is 1. The first kappa shape index (κ1) is 18.2. The zero-order chi connectivity index (χ0) is 17.5. The fourth-order valence-electron chi connectivity index (χ4n) is 1.72. The van der Waals surface area contributed by atoms with Crippen molar-refractivity contribution in [3.63, 3.8) is 0 Å². The van der Waals surface area contributed by atoms with Crippen LogP contribution in [0.4, 0.5) is 0 Å². The number of methoxy groups -OCH3 is 2. The van der Waals surface area contributed by atoms with Gasteiger partial charge in [-0.3, -0.25) is 0 Å². The van der Waals surface area contributed by atoms with Crippen molar-refractivity contribution < 1.29 is 23.7 Å². The van der Waals surface area contributed by atoms with Crippen molar-refractivity contribution in [2.45, 2.75) is 0 Å². The summed E-state index contributed by atoms with van der Waals surface area (Å²) in [4.78, 5) is 20.2. The SMILES string of the molecule is COc1nc(Oc2ccccc2C(=O)OCSC)nc(OC)c1Cl. The molecule has 0 atom stereocenters. The highest BCUT2D eigenvalue weighted by Gasteiger charge is 2.18. The monoisotopic (exact) mass is 370 g/mol. The molecule has 1 aromatic heterocycles. The van der Waals surface area contributed by atoms with E-state index in [1.807, 2.05) is 6.26 Å². The lowest BCUT2D eigenvalue weighted by molar-refractivity contribution is 0.0576. The molecule has 1 aromatic carbocycles. The molecule has 0 fully saturated rings. The molecule has 0 radical (unpaired) electrons. The third kappa shape index (κ3) is 4.21. The van der Waals surface area contributed by atoms with Crippen LogP contribution < -0.4 is 14.2 Å². The van der Waals surface area contributed by atoms with Crippen molar-refractivity contribution in [2.24, 2.45) is 0 Å². The van der Waals surface area contributed by atoms with Crippen LogP contribution in [-0.4, -0.2) is 42.4 Å². The van der Waals surface area contributed by atoms with E-state index in [0.29, 0.717) is 0 Å². The fourth-order valence-corrected chi connectivity index (χ4v) is 2.18. The molecule has 128 valence electrons. The van der Waals surface area contributed by atoms with Crippen LogP contribution in [0.1, 0.15) is 10.4 Å². The molecule has 0 N–H and O–H groups in total. The Morgan fingerprint density at radius 2 is 1.79 bits per heavy atom. The first-order valence-corrected chi connectivity index (χ1v) is 8.46. The Kier molecular flexibility index (Phi) is 6.51. The number of aromatic nitrogens is 2. The molecule has 0 amide bonds. The molecular formula is C15H15ClN2O5S. The van der Waals surface area contributed by atoms with Gasteiger partial charge in [0.15, 0.2) is 5.02 Å². The van der Waals surface area contributed by atoms with Crippen molar-refractivity contribution in [2.75, 3.05) is 26.4 Å². The fraction of sp³-hybridized carbons (Fsp3) is 0.267. The minimum absolute atomic E-state index is 0.0711. The molecule has 9 heteroatoms. The van der Waals surface area contributed by atoms with Gasteiger partial charge in [0.05, 0.1) is 14.2 Å². The van der Waals surface area contributed by atoms with Crippen LogP contribution in [0.25, 0.3) is 0 Å². The van der Waals surface area contributed by atoms with E-state index in [0.717, 1.165) is 0 Å². The van der Waals surface area contributed by atoms with Gasteiger partial charge in [-0.1, -0.05) is 23.7 Å². The van der Waals surface area contributed by atoms with Crippen LogP contribution in [0.5, 0.6) is 23.5 Å². The number of carbonyl (C=O) groups is 1.